The van der Waals surface area contributed by atoms with Crippen LogP contribution in [0.4, 0.5) is 4.79 Å². The van der Waals surface area contributed by atoms with Crippen molar-refractivity contribution < 1.29 is 24.2 Å². The van der Waals surface area contributed by atoms with E-state index in [2.05, 4.69) is 4.98 Å². The molecule has 1 aromatic rings. The Morgan fingerprint density at radius 2 is 2.11 bits per heavy atom. The number of nitrogens with zero attached hydrogens (tertiary/aromatic N) is 1. The lowest BCUT2D eigenvalue weighted by molar-refractivity contribution is -0.121. The number of urea groups is 1. The van der Waals surface area contributed by atoms with Gasteiger partial charge >= 0.3 is 12.0 Å². The number of hydrogen-bond donors (Lipinski definition) is 3. The number of hydrogen-bond acceptors (Lipinski definition) is 5. The highest BCUT2D eigenvalue weighted by Crippen LogP contribution is 2.16. The number of imide groups is 1. The van der Waals surface area contributed by atoms with Crippen LogP contribution in [0.2, 0.25) is 0 Å². The Morgan fingerprint density at radius 3 is 2.67 bits per heavy atom. The maximum absolute atomic E-state index is 11.1. The summed E-state index contributed by atoms with van der Waals surface area (Å²) in [6.45, 7) is 1.09. The van der Waals surface area contributed by atoms with Gasteiger partial charge < -0.3 is 15.6 Å². The van der Waals surface area contributed by atoms with Gasteiger partial charge in [0.25, 0.3) is 5.91 Å². The second kappa shape index (κ2) is 5.62. The van der Waals surface area contributed by atoms with Gasteiger partial charge in [0.2, 0.25) is 0 Å². The molecule has 8 nitrogen and oxygen atoms in total. The third kappa shape index (κ3) is 3.74. The zero-order chi connectivity index (χ0) is 13.7. The van der Waals surface area contributed by atoms with E-state index in [0.29, 0.717) is 5.69 Å². The maximum atomic E-state index is 11.1. The highest BCUT2D eigenvalue weighted by atomic mass is 16.5. The van der Waals surface area contributed by atoms with E-state index in [9.17, 15) is 14.4 Å². The molecular formula is C10H11N3O5. The van der Waals surface area contributed by atoms with E-state index in [1.807, 2.05) is 0 Å². The highest BCUT2D eigenvalue weighted by molar-refractivity contribution is 5.94. The van der Waals surface area contributed by atoms with Gasteiger partial charge in [0.05, 0.1) is 0 Å². The summed E-state index contributed by atoms with van der Waals surface area (Å²) in [5.41, 5.74) is 4.92. The van der Waals surface area contributed by atoms with E-state index in [-0.39, 0.29) is 11.4 Å². The summed E-state index contributed by atoms with van der Waals surface area (Å²) in [5, 5.41) is 10.7. The fraction of sp³-hybridized carbons (Fsp3) is 0.200. The average molecular weight is 253 g/mol. The van der Waals surface area contributed by atoms with E-state index in [0.717, 1.165) is 0 Å². The van der Waals surface area contributed by atoms with Crippen molar-refractivity contribution in [1.82, 2.24) is 10.3 Å². The van der Waals surface area contributed by atoms with Crippen LogP contribution in [0.25, 0.3) is 0 Å². The number of carboxylic acid groups (broad SMARTS) is 1. The summed E-state index contributed by atoms with van der Waals surface area (Å²) in [4.78, 5) is 36.1. The van der Waals surface area contributed by atoms with Crippen LogP contribution in [0.15, 0.2) is 12.1 Å². The van der Waals surface area contributed by atoms with Gasteiger partial charge in [-0.05, 0) is 19.1 Å². The van der Waals surface area contributed by atoms with Crippen molar-refractivity contribution >= 4 is 17.9 Å². The van der Waals surface area contributed by atoms with Crippen molar-refractivity contribution in [2.45, 2.75) is 6.92 Å². The summed E-state index contributed by atoms with van der Waals surface area (Å²) in [5.74, 6) is -2.11. The Bertz CT molecular complexity index is 500. The molecule has 1 aromatic heterocycles. The first-order valence-corrected chi connectivity index (χ1v) is 4.83. The van der Waals surface area contributed by atoms with Crippen molar-refractivity contribution in [1.29, 1.82) is 0 Å². The predicted octanol–water partition coefficient (Wildman–Crippen LogP) is -0.338. The number of nitrogens with one attached hydrogen (secondary N) is 1. The minimum Gasteiger partial charge on any atom is -0.481 e. The molecule has 4 N–H and O–H groups in total. The van der Waals surface area contributed by atoms with Crippen molar-refractivity contribution in [3.05, 3.63) is 23.5 Å². The summed E-state index contributed by atoms with van der Waals surface area (Å²) < 4.78 is 4.95. The molecule has 96 valence electrons. The summed E-state index contributed by atoms with van der Waals surface area (Å²) >= 11 is 0. The second-order valence-electron chi connectivity index (χ2n) is 3.31. The van der Waals surface area contributed by atoms with Crippen molar-refractivity contribution in [3.8, 4) is 5.75 Å². The highest BCUT2D eigenvalue weighted by Gasteiger charge is 2.15. The molecule has 18 heavy (non-hydrogen) atoms. The number of aromatic nitrogens is 1. The number of rotatable bonds is 4. The Labute approximate surface area is 102 Å². The molecule has 8 heteroatoms. The minimum absolute atomic E-state index is 0.0623. The van der Waals surface area contributed by atoms with Crippen LogP contribution in [0.5, 0.6) is 5.75 Å². The monoisotopic (exact) mass is 253 g/mol. The van der Waals surface area contributed by atoms with Crippen LogP contribution in [0, 0.1) is 6.92 Å². The molecule has 1 rings (SSSR count). The Hall–Kier alpha value is -2.64. The number of primary amides is 1. The van der Waals surface area contributed by atoms with Gasteiger partial charge in [-0.1, -0.05) is 0 Å². The summed E-state index contributed by atoms with van der Waals surface area (Å²) in [6, 6.07) is 1.90. The Balaban J connectivity index is 2.76. The van der Waals surface area contributed by atoms with E-state index in [1.54, 1.807) is 12.2 Å². The molecule has 0 atom stereocenters. The molecule has 0 aliphatic carbocycles. The van der Waals surface area contributed by atoms with Crippen molar-refractivity contribution in [3.63, 3.8) is 0 Å². The zero-order valence-corrected chi connectivity index (χ0v) is 9.47. The lowest BCUT2D eigenvalue weighted by Crippen LogP contribution is -2.38. The largest absolute Gasteiger partial charge is 0.481 e. The number of ether oxygens (including phenoxy) is 1. The molecule has 1 heterocycles. The lowest BCUT2D eigenvalue weighted by atomic mass is 10.3. The molecule has 0 aliphatic heterocycles. The summed E-state index contributed by atoms with van der Waals surface area (Å²) in [7, 11) is 0. The number of aromatic carboxylic acids is 1. The predicted molar refractivity (Wildman–Crippen MR) is 59.2 cm³/mol. The number of carboxylic acids is 1. The fourth-order valence-corrected chi connectivity index (χ4v) is 1.13. The topological polar surface area (TPSA) is 132 Å². The van der Waals surface area contributed by atoms with E-state index >= 15 is 0 Å². The average Bonchev–Trinajstić information content (AvgIpc) is 2.26. The van der Waals surface area contributed by atoms with Crippen LogP contribution in [0.3, 0.4) is 0 Å². The smallest absolute Gasteiger partial charge is 0.358 e. The SMILES string of the molecule is Cc1ccc(OCC(=O)NC(N)=O)c(C(=O)O)n1. The molecule has 0 bridgehead atoms. The Morgan fingerprint density at radius 1 is 1.44 bits per heavy atom. The Kier molecular flexibility index (Phi) is 4.19. The molecule has 0 spiro atoms. The van der Waals surface area contributed by atoms with Gasteiger partial charge in [-0.25, -0.2) is 14.6 Å². The molecule has 0 aromatic carbocycles. The van der Waals surface area contributed by atoms with E-state index < -0.39 is 24.5 Å². The van der Waals surface area contributed by atoms with Gasteiger partial charge in [0, 0.05) is 5.69 Å². The molecule has 0 saturated carbocycles. The first kappa shape index (κ1) is 13.4. The van der Waals surface area contributed by atoms with Gasteiger partial charge in [-0.3, -0.25) is 10.1 Å². The standard InChI is InChI=1S/C10H11N3O5/c1-5-2-3-6(8(12-5)9(15)16)18-4-7(14)13-10(11)17/h2-3H,4H2,1H3,(H,15,16)(H3,11,13,14,17). The molecule has 0 unspecified atom stereocenters. The van der Waals surface area contributed by atoms with Crippen LogP contribution in [0.1, 0.15) is 16.2 Å². The van der Waals surface area contributed by atoms with Crippen molar-refractivity contribution in [2.75, 3.05) is 6.61 Å². The molecule has 0 radical (unpaired) electrons. The van der Waals surface area contributed by atoms with E-state index in [1.165, 1.54) is 12.1 Å². The number of carbonyl (C=O) groups excluding carboxylic acids is 2. The fourth-order valence-electron chi connectivity index (χ4n) is 1.13. The minimum atomic E-state index is -1.27. The van der Waals surface area contributed by atoms with Crippen LogP contribution < -0.4 is 15.8 Å². The first-order valence-electron chi connectivity index (χ1n) is 4.83. The summed E-state index contributed by atoms with van der Waals surface area (Å²) in [6.07, 6.45) is 0. The van der Waals surface area contributed by atoms with Gasteiger partial charge in [0.15, 0.2) is 18.1 Å². The van der Waals surface area contributed by atoms with Gasteiger partial charge in [-0.2, -0.15) is 0 Å². The number of aryl methyl sites for hydroxylation is 1. The first-order chi connectivity index (χ1) is 8.40. The molecule has 0 aliphatic rings. The van der Waals surface area contributed by atoms with Crippen LogP contribution >= 0.6 is 0 Å². The normalized spacial score (nSPS) is 9.61. The molecule has 3 amide bonds. The molecule has 0 saturated heterocycles. The zero-order valence-electron chi connectivity index (χ0n) is 9.47. The van der Waals surface area contributed by atoms with Crippen LogP contribution in [-0.2, 0) is 4.79 Å². The van der Waals surface area contributed by atoms with Crippen molar-refractivity contribution in [2.24, 2.45) is 5.73 Å². The number of nitrogens with two attached hydrogens (primary N) is 1. The van der Waals surface area contributed by atoms with Gasteiger partial charge in [0.1, 0.15) is 0 Å². The van der Waals surface area contributed by atoms with E-state index in [4.69, 9.17) is 15.6 Å². The van der Waals surface area contributed by atoms with Gasteiger partial charge in [-0.15, -0.1) is 0 Å². The molecular weight excluding hydrogens is 242 g/mol. The number of pyridine rings is 1. The quantitative estimate of drug-likeness (QED) is 0.672. The lowest BCUT2D eigenvalue weighted by Gasteiger charge is -2.08. The van der Waals surface area contributed by atoms with Crippen LogP contribution in [-0.4, -0.2) is 34.6 Å². The number of carbonyl (C=O) groups is 3. The maximum Gasteiger partial charge on any atom is 0.358 e. The third-order valence-corrected chi connectivity index (χ3v) is 1.82. The molecule has 0 fully saturated rings. The number of amides is 3. The second-order valence-corrected chi connectivity index (χ2v) is 3.31. The third-order valence-electron chi connectivity index (χ3n) is 1.82.